The zero-order chi connectivity index (χ0) is 25.6. The van der Waals surface area contributed by atoms with E-state index >= 15 is 0 Å². The van der Waals surface area contributed by atoms with Gasteiger partial charge in [0.2, 0.25) is 0 Å². The Bertz CT molecular complexity index is 2020. The van der Waals surface area contributed by atoms with Crippen LogP contribution in [-0.4, -0.2) is 0 Å². The lowest BCUT2D eigenvalue weighted by Crippen LogP contribution is -2.16. The van der Waals surface area contributed by atoms with E-state index in [0.29, 0.717) is 0 Å². The van der Waals surface area contributed by atoms with Gasteiger partial charge in [-0.2, -0.15) is 0 Å². The first-order valence-corrected chi connectivity index (χ1v) is 13.4. The van der Waals surface area contributed by atoms with Gasteiger partial charge in [-0.15, -0.1) is 0 Å². The lowest BCUT2D eigenvalue weighted by molar-refractivity contribution is 0.648. The second-order valence-corrected chi connectivity index (χ2v) is 12.1. The molecule has 0 saturated heterocycles. The third-order valence-corrected chi connectivity index (χ3v) is 9.48. The highest BCUT2D eigenvalue weighted by Gasteiger charge is 2.43. The summed E-state index contributed by atoms with van der Waals surface area (Å²) < 4.78 is 13.1. The van der Waals surface area contributed by atoms with Crippen LogP contribution in [0.25, 0.3) is 66.1 Å². The van der Waals surface area contributed by atoms with Crippen LogP contribution in [0.1, 0.15) is 49.9 Å². The third-order valence-electron chi connectivity index (χ3n) is 9.48. The van der Waals surface area contributed by atoms with Gasteiger partial charge >= 0.3 is 0 Å². The van der Waals surface area contributed by atoms with Gasteiger partial charge in [0.25, 0.3) is 0 Å². The second kappa shape index (κ2) is 6.39. The molecule has 2 aliphatic rings. The van der Waals surface area contributed by atoms with Crippen molar-refractivity contribution in [2.24, 2.45) is 0 Å². The van der Waals surface area contributed by atoms with E-state index in [1.165, 1.54) is 66.1 Å². The van der Waals surface area contributed by atoms with Gasteiger partial charge in [-0.05, 0) is 57.6 Å². The summed E-state index contributed by atoms with van der Waals surface area (Å²) >= 11 is 0. The summed E-state index contributed by atoms with van der Waals surface area (Å²) in [5.41, 5.74) is 14.1. The quantitative estimate of drug-likeness (QED) is 0.211. The Labute approximate surface area is 220 Å². The Morgan fingerprint density at radius 3 is 1.32 bits per heavy atom. The predicted octanol–water partition coefficient (Wildman–Crippen LogP) is 10.1. The highest BCUT2D eigenvalue weighted by atomic mass is 16.3. The summed E-state index contributed by atoms with van der Waals surface area (Å²) in [6, 6.07) is 30.8. The van der Waals surface area contributed by atoms with Crippen LogP contribution in [0.2, 0.25) is 0 Å². The Balaban J connectivity index is 1.40. The molecule has 2 aliphatic carbocycles. The number of rotatable bonds is 0. The summed E-state index contributed by atoms with van der Waals surface area (Å²) in [5.74, 6) is 0. The van der Waals surface area contributed by atoms with Crippen LogP contribution in [-0.2, 0) is 10.8 Å². The first-order valence-electron chi connectivity index (χ1n) is 13.4. The Hall–Kier alpha value is -4.30. The van der Waals surface area contributed by atoms with Gasteiger partial charge in [-0.3, -0.25) is 0 Å². The van der Waals surface area contributed by atoms with Crippen molar-refractivity contribution in [3.63, 3.8) is 0 Å². The van der Waals surface area contributed by atoms with Crippen molar-refractivity contribution >= 4 is 43.9 Å². The molecule has 0 radical (unpaired) electrons. The highest BCUT2D eigenvalue weighted by molar-refractivity contribution is 6.14. The first kappa shape index (κ1) is 20.7. The average Bonchev–Trinajstić information content (AvgIpc) is 3.60. The number of hydrogen-bond donors (Lipinski definition) is 0. The number of hydrogen-bond acceptors (Lipinski definition) is 2. The average molecular weight is 491 g/mol. The van der Waals surface area contributed by atoms with Crippen molar-refractivity contribution in [3.8, 4) is 22.3 Å². The predicted molar refractivity (Wildman–Crippen MR) is 156 cm³/mol. The Morgan fingerprint density at radius 2 is 0.868 bits per heavy atom. The van der Waals surface area contributed by atoms with E-state index in [1.807, 2.05) is 12.1 Å². The summed E-state index contributed by atoms with van der Waals surface area (Å²) in [6.07, 6.45) is 0. The maximum Gasteiger partial charge on any atom is 0.143 e. The zero-order valence-electron chi connectivity index (χ0n) is 21.9. The molecule has 2 aromatic heterocycles. The molecular formula is C36H26O2. The van der Waals surface area contributed by atoms with Crippen LogP contribution in [0, 0.1) is 0 Å². The van der Waals surface area contributed by atoms with Gasteiger partial charge in [-0.1, -0.05) is 88.4 Å². The third kappa shape index (κ3) is 2.23. The molecule has 0 fully saturated rings. The van der Waals surface area contributed by atoms with Crippen molar-refractivity contribution < 1.29 is 8.83 Å². The van der Waals surface area contributed by atoms with Crippen molar-refractivity contribution in [1.29, 1.82) is 0 Å². The molecule has 7 aromatic rings. The van der Waals surface area contributed by atoms with Gasteiger partial charge in [0.05, 0.1) is 0 Å². The molecule has 0 spiro atoms. The minimum Gasteiger partial charge on any atom is -0.455 e. The fourth-order valence-electron chi connectivity index (χ4n) is 7.49. The summed E-state index contributed by atoms with van der Waals surface area (Å²) in [7, 11) is 0. The Morgan fingerprint density at radius 1 is 0.447 bits per heavy atom. The van der Waals surface area contributed by atoms with Gasteiger partial charge in [-0.25, -0.2) is 0 Å². The lowest BCUT2D eigenvalue weighted by atomic mass is 9.79. The molecule has 5 aromatic carbocycles. The van der Waals surface area contributed by atoms with Gasteiger partial charge in [0.15, 0.2) is 0 Å². The molecule has 0 atom stereocenters. The summed E-state index contributed by atoms with van der Waals surface area (Å²) in [6.45, 7) is 9.39. The molecular weight excluding hydrogens is 464 g/mol. The minimum atomic E-state index is -0.137. The second-order valence-electron chi connectivity index (χ2n) is 12.1. The van der Waals surface area contributed by atoms with E-state index in [2.05, 4.69) is 100 Å². The van der Waals surface area contributed by atoms with E-state index in [4.69, 9.17) is 8.83 Å². The molecule has 0 aliphatic heterocycles. The van der Waals surface area contributed by atoms with Crippen molar-refractivity contribution in [2.45, 2.75) is 38.5 Å². The van der Waals surface area contributed by atoms with Gasteiger partial charge < -0.3 is 8.83 Å². The smallest absolute Gasteiger partial charge is 0.143 e. The van der Waals surface area contributed by atoms with Gasteiger partial charge in [0, 0.05) is 43.5 Å². The number of benzene rings is 5. The fraction of sp³-hybridized carbons (Fsp3) is 0.167. The molecule has 2 heterocycles. The van der Waals surface area contributed by atoms with E-state index in [1.54, 1.807) is 0 Å². The molecule has 2 heteroatoms. The largest absolute Gasteiger partial charge is 0.455 e. The standard InChI is InChI=1S/C36H26O2/c1-35(2)25-15-13-21-19-9-5-7-11-29(19)37-33(21)31(25)23-18-28-24(17-27(23)35)32-26(36(28,3)4)16-14-22-20-10-6-8-12-30(20)38-34(22)32/h5-18H,1-4H3. The van der Waals surface area contributed by atoms with Crippen LogP contribution < -0.4 is 0 Å². The molecule has 2 nitrogen and oxygen atoms in total. The normalized spacial score (nSPS) is 16.3. The SMILES string of the molecule is CC1(C)c2cc3c(cc2-c2c1ccc1c2oc2ccccc21)C(C)(C)c1ccc2c(oc4ccccc42)c1-3. The molecule has 0 unspecified atom stereocenters. The maximum absolute atomic E-state index is 6.55. The van der Waals surface area contributed by atoms with Crippen LogP contribution in [0.3, 0.4) is 0 Å². The zero-order valence-corrected chi connectivity index (χ0v) is 21.9. The van der Waals surface area contributed by atoms with Crippen LogP contribution in [0.4, 0.5) is 0 Å². The molecule has 0 bridgehead atoms. The monoisotopic (exact) mass is 490 g/mol. The molecule has 0 amide bonds. The first-order chi connectivity index (χ1) is 18.4. The van der Waals surface area contributed by atoms with Gasteiger partial charge in [0.1, 0.15) is 22.3 Å². The summed E-state index contributed by atoms with van der Waals surface area (Å²) in [5, 5.41) is 4.74. The van der Waals surface area contributed by atoms with Crippen molar-refractivity contribution in [1.82, 2.24) is 0 Å². The number of fused-ring (bicyclic) bond motifs is 14. The molecule has 0 saturated carbocycles. The van der Waals surface area contributed by atoms with E-state index in [0.717, 1.165) is 22.3 Å². The fourth-order valence-corrected chi connectivity index (χ4v) is 7.49. The highest BCUT2D eigenvalue weighted by Crippen LogP contribution is 2.59. The molecule has 9 rings (SSSR count). The number of para-hydroxylation sites is 2. The Kier molecular flexibility index (Phi) is 3.49. The van der Waals surface area contributed by atoms with E-state index in [9.17, 15) is 0 Å². The van der Waals surface area contributed by atoms with Crippen LogP contribution >= 0.6 is 0 Å². The molecule has 0 N–H and O–H groups in total. The molecule has 38 heavy (non-hydrogen) atoms. The number of furan rings is 2. The van der Waals surface area contributed by atoms with Crippen molar-refractivity contribution in [2.75, 3.05) is 0 Å². The van der Waals surface area contributed by atoms with E-state index < -0.39 is 0 Å². The summed E-state index contributed by atoms with van der Waals surface area (Å²) in [4.78, 5) is 0. The van der Waals surface area contributed by atoms with Crippen LogP contribution in [0.15, 0.2) is 93.8 Å². The van der Waals surface area contributed by atoms with Crippen LogP contribution in [0.5, 0.6) is 0 Å². The van der Waals surface area contributed by atoms with E-state index in [-0.39, 0.29) is 10.8 Å². The molecule has 182 valence electrons. The topological polar surface area (TPSA) is 26.3 Å². The maximum atomic E-state index is 6.55. The lowest BCUT2D eigenvalue weighted by Gasteiger charge is -2.24. The minimum absolute atomic E-state index is 0.137. The van der Waals surface area contributed by atoms with Crippen molar-refractivity contribution in [3.05, 3.63) is 107 Å².